The number of nitrogens with two attached hydrogens (primary N) is 1. The summed E-state index contributed by atoms with van der Waals surface area (Å²) in [6, 6.07) is 8.24. The van der Waals surface area contributed by atoms with Gasteiger partial charge in [-0.05, 0) is 25.0 Å². The van der Waals surface area contributed by atoms with E-state index in [2.05, 4.69) is 22.2 Å². The Bertz CT molecular complexity index is 478. The maximum atomic E-state index is 5.88. The topological polar surface area (TPSA) is 63.8 Å². The minimum atomic E-state index is 0.260. The average Bonchev–Trinajstić information content (AvgIpc) is 2.39. The van der Waals surface area contributed by atoms with Crippen molar-refractivity contribution in [1.82, 2.24) is 9.97 Å². The molecule has 0 bridgehead atoms. The first-order valence-corrected chi connectivity index (χ1v) is 6.00. The molecule has 0 amide bonds. The van der Waals surface area contributed by atoms with Gasteiger partial charge in [0, 0.05) is 18.0 Å². The summed E-state index contributed by atoms with van der Waals surface area (Å²) in [5.74, 6) is 0.888. The third-order valence-electron chi connectivity index (χ3n) is 2.87. The highest BCUT2D eigenvalue weighted by Gasteiger charge is 2.03. The minimum absolute atomic E-state index is 0.260. The normalized spacial score (nSPS) is 12.6. The molecule has 1 atom stereocenters. The molecule has 1 unspecified atom stereocenters. The van der Waals surface area contributed by atoms with Crippen molar-refractivity contribution in [1.29, 1.82) is 0 Å². The lowest BCUT2D eigenvalue weighted by Gasteiger charge is -2.11. The second-order valence-electron chi connectivity index (χ2n) is 4.12. The molecule has 0 aliphatic carbocycles. The molecule has 1 aromatic heterocycles. The van der Waals surface area contributed by atoms with E-state index in [0.29, 0.717) is 0 Å². The highest BCUT2D eigenvalue weighted by atomic mass is 15.0. The van der Waals surface area contributed by atoms with E-state index in [-0.39, 0.29) is 6.04 Å². The van der Waals surface area contributed by atoms with Gasteiger partial charge in [0.1, 0.15) is 12.1 Å². The molecule has 4 heteroatoms. The molecule has 2 aromatic rings. The molecular weight excluding hydrogens is 212 g/mol. The molecule has 1 aromatic carbocycles. The Kier molecular flexibility index (Phi) is 3.88. The van der Waals surface area contributed by atoms with Crippen LogP contribution >= 0.6 is 0 Å². The number of anilines is 1. The lowest BCUT2D eigenvalue weighted by molar-refractivity contribution is 0.613. The summed E-state index contributed by atoms with van der Waals surface area (Å²) in [6.07, 6.45) is 3.55. The van der Waals surface area contributed by atoms with Gasteiger partial charge in [0.25, 0.3) is 0 Å². The third-order valence-corrected chi connectivity index (χ3v) is 2.87. The largest absolute Gasteiger partial charge is 0.369 e. The van der Waals surface area contributed by atoms with Crippen LogP contribution < -0.4 is 11.1 Å². The Balaban J connectivity index is 2.08. The van der Waals surface area contributed by atoms with Crippen LogP contribution in [0.25, 0.3) is 10.9 Å². The predicted octanol–water partition coefficient (Wildman–Crippen LogP) is 2.17. The van der Waals surface area contributed by atoms with Crippen LogP contribution in [0.2, 0.25) is 0 Å². The highest BCUT2D eigenvalue weighted by molar-refractivity contribution is 5.88. The number of nitrogens with one attached hydrogen (secondary N) is 1. The number of hydrogen-bond acceptors (Lipinski definition) is 4. The zero-order chi connectivity index (χ0) is 12.1. The molecule has 1 heterocycles. The summed E-state index contributed by atoms with van der Waals surface area (Å²) in [7, 11) is 0. The quantitative estimate of drug-likeness (QED) is 0.826. The Morgan fingerprint density at radius 1 is 1.29 bits per heavy atom. The second-order valence-corrected chi connectivity index (χ2v) is 4.12. The van der Waals surface area contributed by atoms with Gasteiger partial charge in [0.2, 0.25) is 0 Å². The standard InChI is InChI=1S/C13H18N4/c1-2-10(14)7-8-15-13-11-5-3-4-6-12(11)16-9-17-13/h3-6,9-10H,2,7-8,14H2,1H3,(H,15,16,17). The molecule has 0 saturated carbocycles. The van der Waals surface area contributed by atoms with E-state index in [1.807, 2.05) is 24.3 Å². The molecule has 2 rings (SSSR count). The van der Waals surface area contributed by atoms with Crippen molar-refractivity contribution in [3.8, 4) is 0 Å². The van der Waals surface area contributed by atoms with Crippen molar-refractivity contribution in [2.45, 2.75) is 25.8 Å². The van der Waals surface area contributed by atoms with Gasteiger partial charge in [0.05, 0.1) is 5.52 Å². The Morgan fingerprint density at radius 3 is 2.94 bits per heavy atom. The first kappa shape index (κ1) is 11.8. The zero-order valence-corrected chi connectivity index (χ0v) is 10.1. The first-order valence-electron chi connectivity index (χ1n) is 6.00. The summed E-state index contributed by atoms with van der Waals surface area (Å²) >= 11 is 0. The van der Waals surface area contributed by atoms with Crippen LogP contribution in [-0.2, 0) is 0 Å². The van der Waals surface area contributed by atoms with Crippen molar-refractivity contribution < 1.29 is 0 Å². The Labute approximate surface area is 101 Å². The van der Waals surface area contributed by atoms with Crippen molar-refractivity contribution in [3.63, 3.8) is 0 Å². The number of benzene rings is 1. The van der Waals surface area contributed by atoms with Crippen molar-refractivity contribution in [2.75, 3.05) is 11.9 Å². The van der Waals surface area contributed by atoms with Crippen LogP contribution in [0.15, 0.2) is 30.6 Å². The average molecular weight is 230 g/mol. The summed E-state index contributed by atoms with van der Waals surface area (Å²) in [5, 5.41) is 4.38. The lowest BCUT2D eigenvalue weighted by atomic mass is 10.1. The number of aromatic nitrogens is 2. The summed E-state index contributed by atoms with van der Waals surface area (Å²) in [5.41, 5.74) is 6.84. The Morgan fingerprint density at radius 2 is 2.12 bits per heavy atom. The van der Waals surface area contributed by atoms with E-state index in [4.69, 9.17) is 5.73 Å². The van der Waals surface area contributed by atoms with Gasteiger partial charge in [0.15, 0.2) is 0 Å². The van der Waals surface area contributed by atoms with Gasteiger partial charge in [-0.3, -0.25) is 0 Å². The SMILES string of the molecule is CCC(N)CCNc1ncnc2ccccc12. The maximum Gasteiger partial charge on any atom is 0.137 e. The Hall–Kier alpha value is -1.68. The smallest absolute Gasteiger partial charge is 0.137 e. The number of fused-ring (bicyclic) bond motifs is 1. The van der Waals surface area contributed by atoms with Crippen LogP contribution in [0, 0.1) is 0 Å². The fraction of sp³-hybridized carbons (Fsp3) is 0.385. The molecule has 0 spiro atoms. The van der Waals surface area contributed by atoms with E-state index < -0.39 is 0 Å². The molecule has 3 N–H and O–H groups in total. The van der Waals surface area contributed by atoms with E-state index in [1.165, 1.54) is 0 Å². The van der Waals surface area contributed by atoms with Crippen molar-refractivity contribution in [2.24, 2.45) is 5.73 Å². The van der Waals surface area contributed by atoms with Gasteiger partial charge in [-0.15, -0.1) is 0 Å². The van der Waals surface area contributed by atoms with Gasteiger partial charge in [-0.25, -0.2) is 9.97 Å². The summed E-state index contributed by atoms with van der Waals surface area (Å²) in [6.45, 7) is 2.95. The maximum absolute atomic E-state index is 5.88. The molecule has 0 saturated heterocycles. The van der Waals surface area contributed by atoms with E-state index in [0.717, 1.165) is 36.1 Å². The number of para-hydroxylation sites is 1. The molecular formula is C13H18N4. The fourth-order valence-corrected chi connectivity index (χ4v) is 1.73. The highest BCUT2D eigenvalue weighted by Crippen LogP contribution is 2.18. The van der Waals surface area contributed by atoms with E-state index in [1.54, 1.807) is 6.33 Å². The molecule has 0 aliphatic rings. The minimum Gasteiger partial charge on any atom is -0.369 e. The molecule has 0 aliphatic heterocycles. The number of rotatable bonds is 5. The lowest BCUT2D eigenvalue weighted by Crippen LogP contribution is -2.22. The molecule has 90 valence electrons. The van der Waals surface area contributed by atoms with Crippen molar-refractivity contribution >= 4 is 16.7 Å². The number of hydrogen-bond donors (Lipinski definition) is 2. The van der Waals surface area contributed by atoms with Crippen LogP contribution in [0.1, 0.15) is 19.8 Å². The summed E-state index contributed by atoms with van der Waals surface area (Å²) in [4.78, 5) is 8.49. The van der Waals surface area contributed by atoms with Gasteiger partial charge >= 0.3 is 0 Å². The molecule has 0 fully saturated rings. The second kappa shape index (κ2) is 5.59. The van der Waals surface area contributed by atoms with Gasteiger partial charge in [-0.2, -0.15) is 0 Å². The predicted molar refractivity (Wildman–Crippen MR) is 70.9 cm³/mol. The monoisotopic (exact) mass is 230 g/mol. The first-order chi connectivity index (χ1) is 8.31. The van der Waals surface area contributed by atoms with E-state index in [9.17, 15) is 0 Å². The van der Waals surface area contributed by atoms with Crippen LogP contribution in [0.4, 0.5) is 5.82 Å². The van der Waals surface area contributed by atoms with Gasteiger partial charge in [-0.1, -0.05) is 19.1 Å². The zero-order valence-electron chi connectivity index (χ0n) is 10.1. The fourth-order valence-electron chi connectivity index (χ4n) is 1.73. The van der Waals surface area contributed by atoms with Crippen LogP contribution in [0.3, 0.4) is 0 Å². The molecule has 4 nitrogen and oxygen atoms in total. The van der Waals surface area contributed by atoms with Crippen LogP contribution in [0.5, 0.6) is 0 Å². The van der Waals surface area contributed by atoms with Crippen molar-refractivity contribution in [3.05, 3.63) is 30.6 Å². The summed E-state index contributed by atoms with van der Waals surface area (Å²) < 4.78 is 0. The molecule has 17 heavy (non-hydrogen) atoms. The third kappa shape index (κ3) is 2.91. The van der Waals surface area contributed by atoms with Gasteiger partial charge < -0.3 is 11.1 Å². The van der Waals surface area contributed by atoms with E-state index >= 15 is 0 Å². The number of nitrogens with zero attached hydrogens (tertiary/aromatic N) is 2. The molecule has 0 radical (unpaired) electrons. The van der Waals surface area contributed by atoms with Crippen LogP contribution in [-0.4, -0.2) is 22.6 Å².